The van der Waals surface area contributed by atoms with Crippen LogP contribution in [0.25, 0.3) is 11.2 Å². The van der Waals surface area contributed by atoms with Crippen LogP contribution in [0.2, 0.25) is 0 Å². The molecule has 0 amide bonds. The van der Waals surface area contributed by atoms with Crippen molar-refractivity contribution in [1.82, 2.24) is 19.5 Å². The van der Waals surface area contributed by atoms with Crippen LogP contribution < -0.4 is 10.2 Å². The first kappa shape index (κ1) is 26.2. The summed E-state index contributed by atoms with van der Waals surface area (Å²) in [5.41, 5.74) is 2.75. The number of aromatic nitrogens is 4. The number of fused-ring (bicyclic) bond motifs is 1. The van der Waals surface area contributed by atoms with Gasteiger partial charge < -0.3 is 19.5 Å². The third-order valence-corrected chi connectivity index (χ3v) is 9.26. The van der Waals surface area contributed by atoms with E-state index < -0.39 is 0 Å². The molecular formula is C31H42N6O2. The molecule has 1 aromatic carbocycles. The summed E-state index contributed by atoms with van der Waals surface area (Å²) < 4.78 is 8.34. The number of ketones is 1. The molecule has 0 unspecified atom stereocenters. The zero-order valence-electron chi connectivity index (χ0n) is 23.6. The number of imidazole rings is 1. The molecule has 2 aromatic heterocycles. The number of hydrogen-bond donors (Lipinski definition) is 1. The number of nitrogens with zero attached hydrogens (tertiary/aromatic N) is 5. The lowest BCUT2D eigenvalue weighted by atomic mass is 9.80. The van der Waals surface area contributed by atoms with Crippen molar-refractivity contribution in [3.63, 3.8) is 0 Å². The maximum Gasteiger partial charge on any atom is 0.208 e. The van der Waals surface area contributed by atoms with E-state index in [-0.39, 0.29) is 23.7 Å². The van der Waals surface area contributed by atoms with Crippen LogP contribution in [0, 0.1) is 17.8 Å². The molecule has 0 radical (unpaired) electrons. The molecule has 3 fully saturated rings. The molecule has 1 aliphatic heterocycles. The molecule has 6 rings (SSSR count). The third kappa shape index (κ3) is 5.40. The Morgan fingerprint density at radius 1 is 1.08 bits per heavy atom. The third-order valence-electron chi connectivity index (χ3n) is 9.26. The predicted molar refractivity (Wildman–Crippen MR) is 154 cm³/mol. The summed E-state index contributed by atoms with van der Waals surface area (Å²) in [6.45, 7) is 9.04. The minimum absolute atomic E-state index is 0.0624. The van der Waals surface area contributed by atoms with Crippen LogP contribution in [0.4, 0.5) is 11.8 Å². The number of benzene rings is 1. The predicted octanol–water partition coefficient (Wildman–Crippen LogP) is 6.03. The molecule has 3 heterocycles. The Bertz CT molecular complexity index is 1300. The van der Waals surface area contributed by atoms with Crippen LogP contribution in [-0.2, 0) is 11.3 Å². The van der Waals surface area contributed by atoms with Gasteiger partial charge >= 0.3 is 0 Å². The summed E-state index contributed by atoms with van der Waals surface area (Å²) in [5, 5.41) is 3.72. The zero-order valence-corrected chi connectivity index (χ0v) is 23.6. The Morgan fingerprint density at radius 3 is 2.54 bits per heavy atom. The topological polar surface area (TPSA) is 85.2 Å². The molecule has 2 aliphatic carbocycles. The fraction of sp³-hybridized carbons (Fsp3) is 0.613. The Kier molecular flexibility index (Phi) is 7.56. The van der Waals surface area contributed by atoms with Crippen molar-refractivity contribution < 1.29 is 9.53 Å². The first-order valence-electron chi connectivity index (χ1n) is 14.9. The lowest BCUT2D eigenvalue weighted by Gasteiger charge is -2.37. The Labute approximate surface area is 231 Å². The molecule has 8 nitrogen and oxygen atoms in total. The van der Waals surface area contributed by atoms with Gasteiger partial charge in [-0.2, -0.15) is 4.98 Å². The summed E-state index contributed by atoms with van der Waals surface area (Å²) >= 11 is 0. The standard InChI is InChI=1S/C31H42N6O2/c1-20-12-14-23(15-13-20)18-37-27-29(32-21(2)24-10-7-11-24)33-28(22(3)38)34-30(27)35-31(37)36-16-17-39-19-26(36)25-8-5-4-6-9-25/h4-6,8-9,20-21,23-24,26H,7,10-19H2,1-3H3,(H,32,33,34)/t20?,21-,23?,26+/m1/s1. The van der Waals surface area contributed by atoms with Gasteiger partial charge in [0.05, 0.1) is 19.3 Å². The number of ether oxygens (including phenoxy) is 1. The van der Waals surface area contributed by atoms with Gasteiger partial charge in [0.25, 0.3) is 0 Å². The highest BCUT2D eigenvalue weighted by atomic mass is 16.5. The molecule has 2 saturated carbocycles. The molecule has 3 aromatic rings. The number of rotatable bonds is 8. The minimum Gasteiger partial charge on any atom is -0.377 e. The molecule has 1 saturated heterocycles. The van der Waals surface area contributed by atoms with E-state index in [9.17, 15) is 4.79 Å². The molecule has 2 atom stereocenters. The van der Waals surface area contributed by atoms with Gasteiger partial charge in [0.15, 0.2) is 23.1 Å². The van der Waals surface area contributed by atoms with Gasteiger partial charge in [-0.15, -0.1) is 0 Å². The number of Topliss-reactive ketones (excluding diaryl/α,β-unsaturated/α-hetero) is 1. The van der Waals surface area contributed by atoms with Crippen molar-refractivity contribution in [3.8, 4) is 0 Å². The van der Waals surface area contributed by atoms with E-state index in [1.165, 1.54) is 57.4 Å². The molecule has 8 heteroatoms. The van der Waals surface area contributed by atoms with Crippen LogP contribution >= 0.6 is 0 Å². The van der Waals surface area contributed by atoms with Crippen LogP contribution in [0.5, 0.6) is 0 Å². The van der Waals surface area contributed by atoms with Crippen LogP contribution in [-0.4, -0.2) is 51.1 Å². The lowest BCUT2D eigenvalue weighted by molar-refractivity contribution is 0.0927. The van der Waals surface area contributed by atoms with E-state index in [0.717, 1.165) is 36.3 Å². The average molecular weight is 531 g/mol. The highest BCUT2D eigenvalue weighted by Crippen LogP contribution is 2.38. The van der Waals surface area contributed by atoms with E-state index in [2.05, 4.69) is 59.0 Å². The van der Waals surface area contributed by atoms with Gasteiger partial charge in [0.1, 0.15) is 5.52 Å². The quantitative estimate of drug-likeness (QED) is 0.356. The van der Waals surface area contributed by atoms with E-state index >= 15 is 0 Å². The largest absolute Gasteiger partial charge is 0.377 e. The normalized spacial score (nSPS) is 24.9. The number of nitrogens with one attached hydrogen (secondary N) is 1. The number of carbonyl (C=O) groups is 1. The van der Waals surface area contributed by atoms with Gasteiger partial charge in [-0.05, 0) is 55.9 Å². The van der Waals surface area contributed by atoms with Gasteiger partial charge in [0.2, 0.25) is 5.95 Å². The van der Waals surface area contributed by atoms with Crippen molar-refractivity contribution in [1.29, 1.82) is 0 Å². The van der Waals surface area contributed by atoms with Crippen LogP contribution in [0.15, 0.2) is 30.3 Å². The van der Waals surface area contributed by atoms with Gasteiger partial charge in [-0.25, -0.2) is 9.97 Å². The van der Waals surface area contributed by atoms with Crippen molar-refractivity contribution in [3.05, 3.63) is 41.7 Å². The van der Waals surface area contributed by atoms with Crippen molar-refractivity contribution >= 4 is 28.7 Å². The maximum atomic E-state index is 12.5. The highest BCUT2D eigenvalue weighted by Gasteiger charge is 2.33. The first-order valence-corrected chi connectivity index (χ1v) is 14.9. The number of anilines is 2. The Morgan fingerprint density at radius 2 is 1.85 bits per heavy atom. The molecule has 39 heavy (non-hydrogen) atoms. The minimum atomic E-state index is -0.137. The summed E-state index contributed by atoms with van der Waals surface area (Å²) in [7, 11) is 0. The number of carbonyl (C=O) groups excluding carboxylic acids is 1. The first-order chi connectivity index (χ1) is 19.0. The molecule has 0 spiro atoms. The number of morpholine rings is 1. The second-order valence-corrected chi connectivity index (χ2v) is 12.1. The Balaban J connectivity index is 1.47. The van der Waals surface area contributed by atoms with Crippen molar-refractivity contribution in [2.45, 2.75) is 84.3 Å². The van der Waals surface area contributed by atoms with Crippen LogP contribution in [0.1, 0.15) is 87.9 Å². The van der Waals surface area contributed by atoms with Gasteiger partial charge in [0, 0.05) is 26.1 Å². The summed E-state index contributed by atoms with van der Waals surface area (Å²) in [6.07, 6.45) is 8.74. The Hall–Kier alpha value is -3.00. The monoisotopic (exact) mass is 530 g/mol. The smallest absolute Gasteiger partial charge is 0.208 e. The van der Waals surface area contributed by atoms with Gasteiger partial charge in [-0.1, -0.05) is 56.5 Å². The fourth-order valence-electron chi connectivity index (χ4n) is 6.51. The SMILES string of the molecule is CC(=O)c1nc(N[C@H](C)C2CCC2)c2c(n1)nc(N1CCOC[C@H]1c1ccccc1)n2CC1CCC(C)CC1. The lowest BCUT2D eigenvalue weighted by Crippen LogP contribution is -2.41. The summed E-state index contributed by atoms with van der Waals surface area (Å²) in [5.74, 6) is 3.76. The van der Waals surface area contributed by atoms with Crippen molar-refractivity contribution in [2.24, 2.45) is 17.8 Å². The van der Waals surface area contributed by atoms with E-state index in [1.807, 2.05) is 0 Å². The molecular weight excluding hydrogens is 488 g/mol. The molecule has 1 N–H and O–H groups in total. The molecule has 208 valence electrons. The molecule has 0 bridgehead atoms. The highest BCUT2D eigenvalue weighted by molar-refractivity contribution is 5.95. The van der Waals surface area contributed by atoms with Crippen LogP contribution in [0.3, 0.4) is 0 Å². The fourth-order valence-corrected chi connectivity index (χ4v) is 6.51. The summed E-state index contributed by atoms with van der Waals surface area (Å²) in [4.78, 5) is 29.6. The van der Waals surface area contributed by atoms with E-state index in [4.69, 9.17) is 19.7 Å². The maximum absolute atomic E-state index is 12.5. The average Bonchev–Trinajstić information content (AvgIpc) is 3.27. The van der Waals surface area contributed by atoms with Gasteiger partial charge in [-0.3, -0.25) is 4.79 Å². The van der Waals surface area contributed by atoms with E-state index in [0.29, 0.717) is 30.7 Å². The summed E-state index contributed by atoms with van der Waals surface area (Å²) in [6, 6.07) is 10.9. The van der Waals surface area contributed by atoms with E-state index in [1.54, 1.807) is 0 Å². The molecule has 3 aliphatic rings. The second-order valence-electron chi connectivity index (χ2n) is 12.1. The number of hydrogen-bond acceptors (Lipinski definition) is 7. The second kappa shape index (κ2) is 11.2. The zero-order chi connectivity index (χ0) is 26.9. The van der Waals surface area contributed by atoms with Crippen molar-refractivity contribution in [2.75, 3.05) is 30.0 Å².